The molecule has 1 atom stereocenters. The average molecular weight is 451 g/mol. The number of nitrogens with zero attached hydrogens (tertiary/aromatic N) is 4. The van der Waals surface area contributed by atoms with Crippen LogP contribution in [0.3, 0.4) is 0 Å². The fourth-order valence-corrected chi connectivity index (χ4v) is 5.06. The third-order valence-electron chi connectivity index (χ3n) is 5.75. The summed E-state index contributed by atoms with van der Waals surface area (Å²) in [4.78, 5) is 29.0. The lowest BCUT2D eigenvalue weighted by atomic mass is 9.96. The van der Waals surface area contributed by atoms with Crippen molar-refractivity contribution in [3.05, 3.63) is 76.5 Å². The van der Waals surface area contributed by atoms with E-state index in [9.17, 15) is 9.59 Å². The molecule has 168 valence electrons. The smallest absolute Gasteiger partial charge is 0.342 e. The molecular formula is C25H30N4O2S. The first kappa shape index (κ1) is 22.4. The van der Waals surface area contributed by atoms with Crippen molar-refractivity contribution < 1.29 is 4.79 Å². The van der Waals surface area contributed by atoms with Crippen LogP contribution in [0, 0.1) is 0 Å². The van der Waals surface area contributed by atoms with Crippen LogP contribution in [0.15, 0.2) is 64.3 Å². The largest absolute Gasteiger partial charge is 0.350 e. The maximum Gasteiger partial charge on any atom is 0.350 e. The number of rotatable bonds is 6. The summed E-state index contributed by atoms with van der Waals surface area (Å²) in [6, 6.07) is 17.9. The van der Waals surface area contributed by atoms with Gasteiger partial charge in [0.25, 0.3) is 0 Å². The predicted octanol–water partition coefficient (Wildman–Crippen LogP) is 4.02. The van der Waals surface area contributed by atoms with E-state index in [0.717, 1.165) is 36.5 Å². The molecule has 1 aromatic heterocycles. The Morgan fingerprint density at radius 2 is 1.84 bits per heavy atom. The molecule has 0 bridgehead atoms. The third-order valence-corrected chi connectivity index (χ3v) is 6.77. The van der Waals surface area contributed by atoms with Crippen molar-refractivity contribution in [2.75, 3.05) is 13.1 Å². The molecule has 0 N–H and O–H groups in total. The van der Waals surface area contributed by atoms with Crippen molar-refractivity contribution in [1.82, 2.24) is 19.2 Å². The summed E-state index contributed by atoms with van der Waals surface area (Å²) in [6.45, 7) is 5.68. The van der Waals surface area contributed by atoms with Crippen LogP contribution >= 0.6 is 11.8 Å². The molecule has 0 saturated carbocycles. The van der Waals surface area contributed by atoms with Crippen LogP contribution in [0.1, 0.15) is 44.0 Å². The number of aryl methyl sites for hydroxylation is 1. The highest BCUT2D eigenvalue weighted by Gasteiger charge is 2.29. The van der Waals surface area contributed by atoms with Crippen LogP contribution < -0.4 is 5.69 Å². The molecule has 1 saturated heterocycles. The van der Waals surface area contributed by atoms with Gasteiger partial charge < -0.3 is 4.90 Å². The van der Waals surface area contributed by atoms with E-state index >= 15 is 0 Å². The van der Waals surface area contributed by atoms with Gasteiger partial charge in [0.1, 0.15) is 5.82 Å². The van der Waals surface area contributed by atoms with Gasteiger partial charge in [-0.3, -0.25) is 4.79 Å². The Kier molecular flexibility index (Phi) is 6.84. The van der Waals surface area contributed by atoms with E-state index in [1.807, 2.05) is 47.0 Å². The third kappa shape index (κ3) is 4.99. The summed E-state index contributed by atoms with van der Waals surface area (Å²) in [5, 5.41) is 5.08. The maximum absolute atomic E-state index is 13.1. The SMILES string of the molecule is CC(C)Sc1ccc(CC(=O)N2CCCC(c3nn(C)c(=O)n3-c3ccccc3)C2)cc1. The molecule has 32 heavy (non-hydrogen) atoms. The number of para-hydroxylation sites is 1. The molecule has 3 aromatic rings. The predicted molar refractivity (Wildman–Crippen MR) is 128 cm³/mol. The standard InChI is InChI=1S/C25H30N4O2S/c1-18(2)32-22-13-11-19(12-14-22)16-23(30)28-15-7-8-20(17-28)24-26-27(3)25(31)29(24)21-9-5-4-6-10-21/h4-6,9-14,18,20H,7-8,15-17H2,1-3H3. The van der Waals surface area contributed by atoms with E-state index < -0.39 is 0 Å². The topological polar surface area (TPSA) is 60.1 Å². The van der Waals surface area contributed by atoms with Gasteiger partial charge in [-0.15, -0.1) is 11.8 Å². The van der Waals surface area contributed by atoms with Gasteiger partial charge in [0.15, 0.2) is 0 Å². The first-order valence-corrected chi connectivity index (χ1v) is 12.0. The quantitative estimate of drug-likeness (QED) is 0.532. The van der Waals surface area contributed by atoms with Crippen LogP contribution in [-0.4, -0.2) is 43.5 Å². The number of carbonyl (C=O) groups is 1. The molecule has 0 radical (unpaired) electrons. The number of carbonyl (C=O) groups excluding carboxylic acids is 1. The summed E-state index contributed by atoms with van der Waals surface area (Å²) < 4.78 is 3.07. The van der Waals surface area contributed by atoms with Gasteiger partial charge in [-0.05, 0) is 42.7 Å². The highest BCUT2D eigenvalue weighted by atomic mass is 32.2. The lowest BCUT2D eigenvalue weighted by molar-refractivity contribution is -0.131. The Morgan fingerprint density at radius 3 is 2.53 bits per heavy atom. The van der Waals surface area contributed by atoms with Gasteiger partial charge in [0, 0.05) is 36.2 Å². The Labute approximate surface area is 193 Å². The molecule has 0 aliphatic carbocycles. The monoisotopic (exact) mass is 450 g/mol. The molecule has 1 aliphatic rings. The van der Waals surface area contributed by atoms with Crippen molar-refractivity contribution in [2.24, 2.45) is 7.05 Å². The lowest BCUT2D eigenvalue weighted by Crippen LogP contribution is -2.40. The van der Waals surface area contributed by atoms with Crippen LogP contribution in [0.4, 0.5) is 0 Å². The molecule has 2 aromatic carbocycles. The number of aromatic nitrogens is 3. The van der Waals surface area contributed by atoms with Crippen LogP contribution in [0.2, 0.25) is 0 Å². The number of piperidine rings is 1. The molecule has 2 heterocycles. The number of hydrogen-bond donors (Lipinski definition) is 0. The summed E-state index contributed by atoms with van der Waals surface area (Å²) >= 11 is 1.82. The molecule has 7 heteroatoms. The van der Waals surface area contributed by atoms with Crippen molar-refractivity contribution in [3.8, 4) is 5.69 Å². The second-order valence-corrected chi connectivity index (χ2v) is 10.3. The molecule has 1 fully saturated rings. The first-order valence-electron chi connectivity index (χ1n) is 11.2. The molecular weight excluding hydrogens is 420 g/mol. The minimum Gasteiger partial charge on any atom is -0.342 e. The lowest BCUT2D eigenvalue weighted by Gasteiger charge is -2.32. The second-order valence-electron chi connectivity index (χ2n) is 8.60. The summed E-state index contributed by atoms with van der Waals surface area (Å²) in [6.07, 6.45) is 2.21. The fourth-order valence-electron chi connectivity index (χ4n) is 4.23. The van der Waals surface area contributed by atoms with E-state index in [1.54, 1.807) is 11.6 Å². The van der Waals surface area contributed by atoms with Crippen molar-refractivity contribution in [1.29, 1.82) is 0 Å². The normalized spacial score (nSPS) is 16.5. The minimum absolute atomic E-state index is 0.0339. The minimum atomic E-state index is -0.158. The zero-order valence-corrected chi connectivity index (χ0v) is 19.7. The van der Waals surface area contributed by atoms with Crippen LogP contribution in [0.25, 0.3) is 5.69 Å². The molecule has 1 amide bonds. The molecule has 6 nitrogen and oxygen atoms in total. The van der Waals surface area contributed by atoms with E-state index in [0.29, 0.717) is 18.2 Å². The van der Waals surface area contributed by atoms with Crippen molar-refractivity contribution in [2.45, 2.75) is 49.2 Å². The zero-order valence-electron chi connectivity index (χ0n) is 18.9. The van der Waals surface area contributed by atoms with Crippen LogP contribution in [0.5, 0.6) is 0 Å². The van der Waals surface area contributed by atoms with Gasteiger partial charge in [0.05, 0.1) is 12.1 Å². The van der Waals surface area contributed by atoms with Gasteiger partial charge >= 0.3 is 5.69 Å². The van der Waals surface area contributed by atoms with Gasteiger partial charge in [-0.2, -0.15) is 5.10 Å². The van der Waals surface area contributed by atoms with Crippen LogP contribution in [-0.2, 0) is 18.3 Å². The van der Waals surface area contributed by atoms with Gasteiger partial charge in [-0.1, -0.05) is 44.2 Å². The number of hydrogen-bond acceptors (Lipinski definition) is 4. The van der Waals surface area contributed by atoms with Gasteiger partial charge in [-0.25, -0.2) is 14.0 Å². The summed E-state index contributed by atoms with van der Waals surface area (Å²) in [7, 11) is 1.68. The summed E-state index contributed by atoms with van der Waals surface area (Å²) in [5.74, 6) is 0.895. The molecule has 4 rings (SSSR count). The highest BCUT2D eigenvalue weighted by Crippen LogP contribution is 2.27. The Morgan fingerprint density at radius 1 is 1.12 bits per heavy atom. The number of likely N-dealkylation sites (tertiary alicyclic amines) is 1. The zero-order chi connectivity index (χ0) is 22.7. The maximum atomic E-state index is 13.1. The van der Waals surface area contributed by atoms with E-state index in [4.69, 9.17) is 0 Å². The van der Waals surface area contributed by atoms with E-state index in [1.165, 1.54) is 9.58 Å². The molecule has 0 spiro atoms. The Bertz CT molecular complexity index is 1120. The van der Waals surface area contributed by atoms with Crippen molar-refractivity contribution in [3.63, 3.8) is 0 Å². The number of benzene rings is 2. The summed E-state index contributed by atoms with van der Waals surface area (Å²) in [5.41, 5.74) is 1.68. The average Bonchev–Trinajstić information content (AvgIpc) is 3.10. The second kappa shape index (κ2) is 9.77. The first-order chi connectivity index (χ1) is 15.4. The highest BCUT2D eigenvalue weighted by molar-refractivity contribution is 7.99. The number of amides is 1. The molecule has 1 aliphatic heterocycles. The van der Waals surface area contributed by atoms with E-state index in [2.05, 4.69) is 43.2 Å². The Hall–Kier alpha value is -2.80. The fraction of sp³-hybridized carbons (Fsp3) is 0.400. The molecule has 1 unspecified atom stereocenters. The van der Waals surface area contributed by atoms with Gasteiger partial charge in [0.2, 0.25) is 5.91 Å². The van der Waals surface area contributed by atoms with Crippen molar-refractivity contribution >= 4 is 17.7 Å². The Balaban J connectivity index is 1.49. The number of thioether (sulfide) groups is 1. The van der Waals surface area contributed by atoms with E-state index in [-0.39, 0.29) is 17.5 Å².